The molecule has 0 aliphatic rings. The van der Waals surface area contributed by atoms with Gasteiger partial charge in [0.25, 0.3) is 0 Å². The van der Waals surface area contributed by atoms with Gasteiger partial charge in [0, 0.05) is 12.8 Å². The zero-order chi connectivity index (χ0) is 14.7. The Labute approximate surface area is 119 Å². The largest absolute Gasteiger partial charge is 0.468 e. The molecule has 0 rings (SSSR count). The summed E-state index contributed by atoms with van der Waals surface area (Å²) in [6.45, 7) is 3.58. The van der Waals surface area contributed by atoms with Crippen molar-refractivity contribution in [3.05, 3.63) is 0 Å². The minimum absolute atomic E-state index is 0.0537. The van der Waals surface area contributed by atoms with E-state index < -0.39 is 5.92 Å². The minimum atomic E-state index is -2.53. The molecule has 0 N–H and O–H groups in total. The van der Waals surface area contributed by atoms with Crippen LogP contribution in [0.15, 0.2) is 0 Å². The molecular formula is C14H26F2O2S. The molecule has 5 heteroatoms. The number of halogens is 2. The van der Waals surface area contributed by atoms with E-state index in [4.69, 9.17) is 4.74 Å². The van der Waals surface area contributed by atoms with Crippen molar-refractivity contribution < 1.29 is 18.3 Å². The van der Waals surface area contributed by atoms with Crippen LogP contribution in [0.3, 0.4) is 0 Å². The third kappa shape index (κ3) is 9.25. The van der Waals surface area contributed by atoms with E-state index in [-0.39, 0.29) is 24.1 Å². The van der Waals surface area contributed by atoms with E-state index in [2.05, 4.69) is 6.92 Å². The predicted octanol–water partition coefficient (Wildman–Crippen LogP) is 4.67. The molecule has 0 aliphatic carbocycles. The highest BCUT2D eigenvalue weighted by Gasteiger charge is 2.25. The number of hydrogen-bond acceptors (Lipinski definition) is 3. The van der Waals surface area contributed by atoms with Gasteiger partial charge >= 0.3 is 5.97 Å². The SMILES string of the molecule is CCCCC(SCCCCC(F)(F)CC)C(=O)OC. The summed E-state index contributed by atoms with van der Waals surface area (Å²) in [6.07, 6.45) is 3.91. The summed E-state index contributed by atoms with van der Waals surface area (Å²) in [5.41, 5.74) is 0. The summed E-state index contributed by atoms with van der Waals surface area (Å²) < 4.78 is 30.8. The molecule has 0 heterocycles. The summed E-state index contributed by atoms with van der Waals surface area (Å²) in [7, 11) is 1.39. The first-order valence-electron chi connectivity index (χ1n) is 7.04. The molecule has 1 unspecified atom stereocenters. The maximum Gasteiger partial charge on any atom is 0.318 e. The van der Waals surface area contributed by atoms with Gasteiger partial charge in [-0.05, 0) is 25.0 Å². The van der Waals surface area contributed by atoms with E-state index in [0.29, 0.717) is 6.42 Å². The molecule has 0 saturated heterocycles. The van der Waals surface area contributed by atoms with Crippen molar-refractivity contribution in [3.8, 4) is 0 Å². The molecule has 2 nitrogen and oxygen atoms in total. The number of thioether (sulfide) groups is 1. The van der Waals surface area contributed by atoms with Gasteiger partial charge in [-0.3, -0.25) is 4.79 Å². The zero-order valence-corrected chi connectivity index (χ0v) is 13.0. The van der Waals surface area contributed by atoms with Crippen molar-refractivity contribution in [2.24, 2.45) is 0 Å². The van der Waals surface area contributed by atoms with Gasteiger partial charge in [0.1, 0.15) is 5.25 Å². The van der Waals surface area contributed by atoms with Crippen LogP contribution in [0.25, 0.3) is 0 Å². The Kier molecular flexibility index (Phi) is 10.3. The highest BCUT2D eigenvalue weighted by Crippen LogP contribution is 2.26. The number of methoxy groups -OCH3 is 1. The van der Waals surface area contributed by atoms with E-state index >= 15 is 0 Å². The van der Waals surface area contributed by atoms with Crippen molar-refractivity contribution in [2.45, 2.75) is 70.0 Å². The topological polar surface area (TPSA) is 26.3 Å². The van der Waals surface area contributed by atoms with Gasteiger partial charge in [-0.15, -0.1) is 11.8 Å². The number of unbranched alkanes of at least 4 members (excludes halogenated alkanes) is 2. The number of esters is 1. The number of ether oxygens (including phenoxy) is 1. The summed E-state index contributed by atoms with van der Waals surface area (Å²) in [5.74, 6) is -1.99. The van der Waals surface area contributed by atoms with E-state index in [1.165, 1.54) is 25.8 Å². The monoisotopic (exact) mass is 296 g/mol. The highest BCUT2D eigenvalue weighted by molar-refractivity contribution is 8.00. The quantitative estimate of drug-likeness (QED) is 0.409. The Hall–Kier alpha value is -0.320. The molecule has 0 spiro atoms. The molecule has 0 radical (unpaired) electrons. The average molecular weight is 296 g/mol. The fourth-order valence-corrected chi connectivity index (χ4v) is 2.90. The van der Waals surface area contributed by atoms with Crippen molar-refractivity contribution in [3.63, 3.8) is 0 Å². The van der Waals surface area contributed by atoms with E-state index in [0.717, 1.165) is 31.4 Å². The van der Waals surface area contributed by atoms with Crippen molar-refractivity contribution >= 4 is 17.7 Å². The normalized spacial score (nSPS) is 13.3. The Balaban J connectivity index is 3.83. The fraction of sp³-hybridized carbons (Fsp3) is 0.929. The van der Waals surface area contributed by atoms with Gasteiger partial charge < -0.3 is 4.74 Å². The molecule has 19 heavy (non-hydrogen) atoms. The fourth-order valence-electron chi connectivity index (χ4n) is 1.68. The molecule has 0 fully saturated rings. The Morgan fingerprint density at radius 1 is 1.26 bits per heavy atom. The van der Waals surface area contributed by atoms with Crippen molar-refractivity contribution in [1.82, 2.24) is 0 Å². The van der Waals surface area contributed by atoms with Gasteiger partial charge in [-0.2, -0.15) is 0 Å². The van der Waals surface area contributed by atoms with Gasteiger partial charge in [0.05, 0.1) is 7.11 Å². The lowest BCUT2D eigenvalue weighted by atomic mass is 10.1. The molecule has 0 aromatic heterocycles. The lowest BCUT2D eigenvalue weighted by Gasteiger charge is -2.15. The first-order chi connectivity index (χ1) is 8.96. The number of carbonyl (C=O) groups is 1. The summed E-state index contributed by atoms with van der Waals surface area (Å²) in [5, 5.41) is -0.142. The van der Waals surface area contributed by atoms with Crippen molar-refractivity contribution in [2.75, 3.05) is 12.9 Å². The minimum Gasteiger partial charge on any atom is -0.468 e. The van der Waals surface area contributed by atoms with Gasteiger partial charge in [0.15, 0.2) is 0 Å². The van der Waals surface area contributed by atoms with Crippen LogP contribution in [0.1, 0.15) is 58.8 Å². The number of rotatable bonds is 11. The Morgan fingerprint density at radius 2 is 1.95 bits per heavy atom. The smallest absolute Gasteiger partial charge is 0.318 e. The van der Waals surface area contributed by atoms with Crippen LogP contribution in [0, 0.1) is 0 Å². The van der Waals surface area contributed by atoms with E-state index in [1.807, 2.05) is 0 Å². The third-order valence-electron chi connectivity index (χ3n) is 3.06. The molecule has 0 aliphatic heterocycles. The second-order valence-corrected chi connectivity index (χ2v) is 6.00. The summed E-state index contributed by atoms with van der Waals surface area (Å²) in [4.78, 5) is 11.5. The number of carbonyl (C=O) groups excluding carboxylic acids is 1. The molecule has 114 valence electrons. The van der Waals surface area contributed by atoms with E-state index in [1.54, 1.807) is 0 Å². The molecule has 0 aromatic carbocycles. The number of alkyl halides is 2. The van der Waals surface area contributed by atoms with Crippen LogP contribution in [0.2, 0.25) is 0 Å². The van der Waals surface area contributed by atoms with Crippen LogP contribution in [-0.4, -0.2) is 30.0 Å². The van der Waals surface area contributed by atoms with Gasteiger partial charge in [-0.25, -0.2) is 8.78 Å². The summed E-state index contributed by atoms with van der Waals surface area (Å²) in [6, 6.07) is 0. The maximum atomic E-state index is 13.0. The second kappa shape index (κ2) is 10.5. The van der Waals surface area contributed by atoms with Crippen LogP contribution < -0.4 is 0 Å². The van der Waals surface area contributed by atoms with Crippen LogP contribution >= 0.6 is 11.8 Å². The van der Waals surface area contributed by atoms with Crippen LogP contribution in [-0.2, 0) is 9.53 Å². The van der Waals surface area contributed by atoms with Gasteiger partial charge in [-0.1, -0.05) is 26.7 Å². The Bertz CT molecular complexity index is 248. The zero-order valence-electron chi connectivity index (χ0n) is 12.2. The van der Waals surface area contributed by atoms with Gasteiger partial charge in [0.2, 0.25) is 5.92 Å². The molecule has 0 amide bonds. The first-order valence-corrected chi connectivity index (χ1v) is 8.09. The molecule has 0 bridgehead atoms. The van der Waals surface area contributed by atoms with E-state index in [9.17, 15) is 13.6 Å². The molecule has 0 aromatic rings. The van der Waals surface area contributed by atoms with Crippen LogP contribution in [0.5, 0.6) is 0 Å². The molecule has 0 saturated carbocycles. The Morgan fingerprint density at radius 3 is 2.47 bits per heavy atom. The maximum absolute atomic E-state index is 13.0. The second-order valence-electron chi connectivity index (χ2n) is 4.69. The molecule has 1 atom stereocenters. The van der Waals surface area contributed by atoms with Crippen LogP contribution in [0.4, 0.5) is 8.78 Å². The third-order valence-corrected chi connectivity index (χ3v) is 4.41. The van der Waals surface area contributed by atoms with Crippen molar-refractivity contribution in [1.29, 1.82) is 0 Å². The lowest BCUT2D eigenvalue weighted by molar-refractivity contribution is -0.140. The predicted molar refractivity (Wildman–Crippen MR) is 76.9 cm³/mol. The average Bonchev–Trinajstić information content (AvgIpc) is 2.40. The summed E-state index contributed by atoms with van der Waals surface area (Å²) >= 11 is 1.53. The number of hydrogen-bond donors (Lipinski definition) is 0. The lowest BCUT2D eigenvalue weighted by Crippen LogP contribution is -2.19. The first kappa shape index (κ1) is 18.7. The standard InChI is InChI=1S/C14H26F2O2S/c1-4-6-9-12(13(17)18-3)19-11-8-7-10-14(15,16)5-2/h12H,4-11H2,1-3H3. The molecular weight excluding hydrogens is 270 g/mol. The highest BCUT2D eigenvalue weighted by atomic mass is 32.2.